The number of benzene rings is 2. The van der Waals surface area contributed by atoms with E-state index in [1.165, 1.54) is 0 Å². The molecule has 0 radical (unpaired) electrons. The lowest BCUT2D eigenvalue weighted by Crippen LogP contribution is -2.51. The van der Waals surface area contributed by atoms with Crippen LogP contribution in [0.2, 0.25) is 0 Å². The predicted octanol–water partition coefficient (Wildman–Crippen LogP) is 2.54. The van der Waals surface area contributed by atoms with Gasteiger partial charge in [0.1, 0.15) is 12.4 Å². The quantitative estimate of drug-likeness (QED) is 0.295. The van der Waals surface area contributed by atoms with E-state index in [4.69, 9.17) is 14.0 Å². The lowest BCUT2D eigenvalue weighted by Gasteiger charge is -2.34. The Morgan fingerprint density at radius 2 is 1.69 bits per heavy atom. The van der Waals surface area contributed by atoms with Gasteiger partial charge in [0.05, 0.1) is 19.3 Å². The molecule has 2 aromatic carbocycles. The van der Waals surface area contributed by atoms with E-state index in [1.54, 1.807) is 24.3 Å². The average Bonchev–Trinajstić information content (AvgIpc) is 3.47. The standard InChI is InChI=1S/C30H38N6O6/c1-30(2,3)29(39)33-22-11-9-21(10-12-22)27(37)31-14-13-25-34-26(35-42-25)28(38)32-19-23(36-15-17-40-18-16-36)20-41-24-7-5-4-6-8-24/h4-12,23H,13-20H2,1-3H3,(H,31,37)(H,32,38)(H,33,39). The maximum absolute atomic E-state index is 12.8. The van der Waals surface area contributed by atoms with Gasteiger partial charge < -0.3 is 29.9 Å². The number of nitrogens with zero attached hydrogens (tertiary/aromatic N) is 3. The molecule has 1 aromatic heterocycles. The van der Waals surface area contributed by atoms with E-state index < -0.39 is 11.3 Å². The summed E-state index contributed by atoms with van der Waals surface area (Å²) in [5, 5.41) is 12.3. The van der Waals surface area contributed by atoms with Crippen LogP contribution in [0.4, 0.5) is 5.69 Å². The van der Waals surface area contributed by atoms with Gasteiger partial charge in [-0.05, 0) is 36.4 Å². The monoisotopic (exact) mass is 578 g/mol. The second-order valence-electron chi connectivity index (χ2n) is 10.9. The molecule has 1 atom stereocenters. The molecule has 0 spiro atoms. The number of carbonyl (C=O) groups is 3. The molecule has 4 rings (SSSR count). The van der Waals surface area contributed by atoms with E-state index in [2.05, 4.69) is 31.0 Å². The number of morpholine rings is 1. The number of nitrogens with one attached hydrogen (secondary N) is 3. The first kappa shape index (κ1) is 30.7. The fourth-order valence-corrected chi connectivity index (χ4v) is 4.09. The first-order chi connectivity index (χ1) is 20.2. The molecule has 3 N–H and O–H groups in total. The number of anilines is 1. The highest BCUT2D eigenvalue weighted by Crippen LogP contribution is 2.18. The third-order valence-electron chi connectivity index (χ3n) is 6.63. The van der Waals surface area contributed by atoms with Gasteiger partial charge in [-0.3, -0.25) is 19.3 Å². The largest absolute Gasteiger partial charge is 0.492 e. The molecule has 0 saturated carbocycles. The van der Waals surface area contributed by atoms with Crippen molar-refractivity contribution in [3.63, 3.8) is 0 Å². The molecule has 12 nitrogen and oxygen atoms in total. The van der Waals surface area contributed by atoms with Gasteiger partial charge >= 0.3 is 0 Å². The Hall–Kier alpha value is -4.29. The molecular weight excluding hydrogens is 540 g/mol. The highest BCUT2D eigenvalue weighted by molar-refractivity contribution is 5.97. The van der Waals surface area contributed by atoms with Crippen LogP contribution in [0.3, 0.4) is 0 Å². The number of aromatic nitrogens is 2. The van der Waals surface area contributed by atoms with Crippen LogP contribution in [-0.2, 0) is 16.0 Å². The topological polar surface area (TPSA) is 148 Å². The van der Waals surface area contributed by atoms with Crippen molar-refractivity contribution in [3.05, 3.63) is 71.9 Å². The van der Waals surface area contributed by atoms with Crippen molar-refractivity contribution in [1.82, 2.24) is 25.7 Å². The molecule has 0 aliphatic carbocycles. The number of hydrogen-bond acceptors (Lipinski definition) is 9. The summed E-state index contributed by atoms with van der Waals surface area (Å²) in [4.78, 5) is 43.8. The third-order valence-corrected chi connectivity index (χ3v) is 6.63. The number of para-hydroxylation sites is 1. The zero-order chi connectivity index (χ0) is 30.0. The van der Waals surface area contributed by atoms with Gasteiger partial charge in [0, 0.05) is 49.3 Å². The van der Waals surface area contributed by atoms with Gasteiger partial charge in [-0.2, -0.15) is 4.98 Å². The zero-order valence-electron chi connectivity index (χ0n) is 24.2. The van der Waals surface area contributed by atoms with Gasteiger partial charge in [0.2, 0.25) is 11.8 Å². The summed E-state index contributed by atoms with van der Waals surface area (Å²) in [6.07, 6.45) is 0.257. The molecule has 224 valence electrons. The van der Waals surface area contributed by atoms with Crippen molar-refractivity contribution in [2.45, 2.75) is 33.2 Å². The number of amides is 3. The Balaban J connectivity index is 1.23. The third kappa shape index (κ3) is 9.11. The van der Waals surface area contributed by atoms with Crippen molar-refractivity contribution in [1.29, 1.82) is 0 Å². The van der Waals surface area contributed by atoms with E-state index in [1.807, 2.05) is 51.1 Å². The molecule has 1 aliphatic heterocycles. The lowest BCUT2D eigenvalue weighted by atomic mass is 9.95. The van der Waals surface area contributed by atoms with Gasteiger partial charge in [-0.15, -0.1) is 0 Å². The fraction of sp³-hybridized carbons (Fsp3) is 0.433. The van der Waals surface area contributed by atoms with E-state index in [-0.39, 0.29) is 42.5 Å². The van der Waals surface area contributed by atoms with Gasteiger partial charge in [0.25, 0.3) is 17.6 Å². The summed E-state index contributed by atoms with van der Waals surface area (Å²) < 4.78 is 16.6. The minimum atomic E-state index is -0.520. The fourth-order valence-electron chi connectivity index (χ4n) is 4.09. The van der Waals surface area contributed by atoms with Crippen LogP contribution in [0.15, 0.2) is 59.1 Å². The summed E-state index contributed by atoms with van der Waals surface area (Å²) >= 11 is 0. The first-order valence-corrected chi connectivity index (χ1v) is 14.0. The van der Waals surface area contributed by atoms with Crippen LogP contribution in [0.25, 0.3) is 0 Å². The van der Waals surface area contributed by atoms with Crippen molar-refractivity contribution in [3.8, 4) is 5.75 Å². The highest BCUT2D eigenvalue weighted by Gasteiger charge is 2.24. The Kier molecular flexibility index (Phi) is 10.6. The summed E-state index contributed by atoms with van der Waals surface area (Å²) in [5.41, 5.74) is 0.539. The lowest BCUT2D eigenvalue weighted by molar-refractivity contribution is -0.123. The van der Waals surface area contributed by atoms with Crippen LogP contribution >= 0.6 is 0 Å². The molecule has 1 aliphatic rings. The number of rotatable bonds is 12. The molecule has 12 heteroatoms. The van der Waals surface area contributed by atoms with Crippen LogP contribution in [-0.4, -0.2) is 84.8 Å². The minimum absolute atomic E-state index is 0.0662. The second kappa shape index (κ2) is 14.6. The van der Waals surface area contributed by atoms with Gasteiger partial charge in [-0.25, -0.2) is 0 Å². The van der Waals surface area contributed by atoms with Crippen molar-refractivity contribution in [2.24, 2.45) is 5.41 Å². The summed E-state index contributed by atoms with van der Waals surface area (Å²) in [5.74, 6) is 0.0744. The Bertz CT molecular complexity index is 1320. The number of ether oxygens (including phenoxy) is 2. The summed E-state index contributed by atoms with van der Waals surface area (Å²) in [7, 11) is 0. The second-order valence-corrected chi connectivity index (χ2v) is 10.9. The summed E-state index contributed by atoms with van der Waals surface area (Å²) in [6, 6.07) is 16.1. The van der Waals surface area contributed by atoms with Crippen molar-refractivity contribution in [2.75, 3.05) is 51.3 Å². The molecule has 0 bridgehead atoms. The first-order valence-electron chi connectivity index (χ1n) is 14.0. The Labute approximate surface area is 245 Å². The molecule has 2 heterocycles. The van der Waals surface area contributed by atoms with E-state index >= 15 is 0 Å². The Morgan fingerprint density at radius 3 is 2.38 bits per heavy atom. The van der Waals surface area contributed by atoms with Gasteiger partial charge in [-0.1, -0.05) is 44.1 Å². The molecule has 42 heavy (non-hydrogen) atoms. The Morgan fingerprint density at radius 1 is 0.976 bits per heavy atom. The predicted molar refractivity (Wildman–Crippen MR) is 155 cm³/mol. The van der Waals surface area contributed by atoms with Crippen molar-refractivity contribution >= 4 is 23.4 Å². The molecule has 1 fully saturated rings. The van der Waals surface area contributed by atoms with E-state index in [9.17, 15) is 14.4 Å². The highest BCUT2D eigenvalue weighted by atomic mass is 16.5. The SMILES string of the molecule is CC(C)(C)C(=O)Nc1ccc(C(=O)NCCc2nc(C(=O)NCC(COc3ccccc3)N3CCOCC3)no2)cc1. The minimum Gasteiger partial charge on any atom is -0.492 e. The maximum atomic E-state index is 12.8. The maximum Gasteiger partial charge on any atom is 0.292 e. The van der Waals surface area contributed by atoms with Crippen LogP contribution in [0.1, 0.15) is 47.6 Å². The van der Waals surface area contributed by atoms with Gasteiger partial charge in [0.15, 0.2) is 0 Å². The molecule has 3 aromatic rings. The average molecular weight is 579 g/mol. The molecule has 1 unspecified atom stereocenters. The smallest absolute Gasteiger partial charge is 0.292 e. The number of hydrogen-bond donors (Lipinski definition) is 3. The molecule has 3 amide bonds. The van der Waals surface area contributed by atoms with Crippen LogP contribution < -0.4 is 20.7 Å². The normalized spacial score (nSPS) is 14.5. The number of carbonyl (C=O) groups excluding carboxylic acids is 3. The molecule has 1 saturated heterocycles. The van der Waals surface area contributed by atoms with Crippen LogP contribution in [0.5, 0.6) is 5.75 Å². The zero-order valence-corrected chi connectivity index (χ0v) is 24.2. The van der Waals surface area contributed by atoms with E-state index in [0.29, 0.717) is 37.6 Å². The van der Waals surface area contributed by atoms with Crippen molar-refractivity contribution < 1.29 is 28.4 Å². The molecular formula is C30H38N6O6. The summed E-state index contributed by atoms with van der Waals surface area (Å²) in [6.45, 7) is 9.20. The van der Waals surface area contributed by atoms with Crippen LogP contribution in [0, 0.1) is 5.41 Å². The van der Waals surface area contributed by atoms with E-state index in [0.717, 1.165) is 18.8 Å².